The van der Waals surface area contributed by atoms with Crippen LogP contribution in [0.3, 0.4) is 0 Å². The summed E-state index contributed by atoms with van der Waals surface area (Å²) < 4.78 is 47.6. The SMILES string of the molecule is C[C@H]1CN(CCN2CCC(n3cc(NC(=O)c4cnn5ccc(N6CC(N)C[C@@H](F)C6)nc45)c(C(F)F)n3)CC2)CCN1c1ccc2c(C3CCC(=O)NC3=O)nn(C)c2c1. The fraction of sp³-hybridized carbons (Fsp3) is 0.537. The molecular weight excluding hydrogens is 794 g/mol. The molecule has 1 aromatic carbocycles. The molecule has 5 aromatic rings. The molecule has 0 bridgehead atoms. The van der Waals surface area contributed by atoms with E-state index in [0.29, 0.717) is 30.9 Å². The van der Waals surface area contributed by atoms with Gasteiger partial charge in [0.05, 0.1) is 41.6 Å². The number of imide groups is 1. The Morgan fingerprint density at radius 2 is 1.82 bits per heavy atom. The minimum absolute atomic E-state index is 0.0642. The number of carbonyl (C=O) groups is 3. The molecule has 9 rings (SSSR count). The van der Waals surface area contributed by atoms with Gasteiger partial charge in [-0.15, -0.1) is 0 Å². The Balaban J connectivity index is 0.779. The fourth-order valence-electron chi connectivity index (χ4n) is 9.47. The standard InChI is InChI=1S/C41H51F3N14O3/c1-24-20-54(15-16-56(24)28-3-4-29-33(18-28)52(2)50-36(29)30-5-6-35(59)49-40(30)60)14-13-53-10-7-27(8-11-53)58-23-32(37(51-58)38(43)44)47-41(61)31-19-46-57-12-9-34(48-39(31)57)55-21-25(42)17-26(45)22-55/h3-4,9,12,18-19,23-27,30,38H,5-8,10-11,13-17,20-22,45H2,1-2H3,(H,47,61)(H,49,59,60)/t24-,25+,26?,30?/m0/s1. The third-order valence-electron chi connectivity index (χ3n) is 12.7. The van der Waals surface area contributed by atoms with Crippen LogP contribution in [0, 0.1) is 0 Å². The highest BCUT2D eigenvalue weighted by atomic mass is 19.3. The van der Waals surface area contributed by atoms with Gasteiger partial charge in [-0.25, -0.2) is 22.7 Å². The molecule has 2 unspecified atom stereocenters. The number of piperazine rings is 1. The van der Waals surface area contributed by atoms with E-state index in [4.69, 9.17) is 10.8 Å². The van der Waals surface area contributed by atoms with E-state index in [1.165, 1.54) is 16.9 Å². The van der Waals surface area contributed by atoms with Crippen LogP contribution in [0.25, 0.3) is 16.6 Å². The van der Waals surface area contributed by atoms with Crippen LogP contribution >= 0.6 is 0 Å². The van der Waals surface area contributed by atoms with Gasteiger partial charge in [0.15, 0.2) is 11.3 Å². The molecule has 4 saturated heterocycles. The maximum atomic E-state index is 14.3. The van der Waals surface area contributed by atoms with Gasteiger partial charge in [-0.2, -0.15) is 15.3 Å². The van der Waals surface area contributed by atoms with Crippen molar-refractivity contribution in [1.29, 1.82) is 0 Å². The van der Waals surface area contributed by atoms with E-state index in [1.54, 1.807) is 21.8 Å². The summed E-state index contributed by atoms with van der Waals surface area (Å²) in [7, 11) is 1.89. The summed E-state index contributed by atoms with van der Waals surface area (Å²) in [6.07, 6.45) is 2.92. The molecule has 61 heavy (non-hydrogen) atoms. The molecule has 0 spiro atoms. The van der Waals surface area contributed by atoms with Crippen molar-refractivity contribution in [3.8, 4) is 0 Å². The second-order valence-electron chi connectivity index (χ2n) is 16.9. The molecule has 4 aliphatic heterocycles. The van der Waals surface area contributed by atoms with Gasteiger partial charge in [0.25, 0.3) is 12.3 Å². The number of alkyl halides is 3. The van der Waals surface area contributed by atoms with E-state index in [1.807, 2.05) is 17.8 Å². The van der Waals surface area contributed by atoms with Gasteiger partial charge in [-0.1, -0.05) is 0 Å². The average molecular weight is 845 g/mol. The molecule has 4 aliphatic rings. The number of carbonyl (C=O) groups excluding carboxylic acids is 3. The van der Waals surface area contributed by atoms with Gasteiger partial charge in [0.1, 0.15) is 17.6 Å². The Hall–Kier alpha value is -5.60. The summed E-state index contributed by atoms with van der Waals surface area (Å²) in [5, 5.41) is 19.2. The van der Waals surface area contributed by atoms with Crippen molar-refractivity contribution in [3.05, 3.63) is 59.8 Å². The number of hydrogen-bond donors (Lipinski definition) is 3. The molecule has 4 fully saturated rings. The summed E-state index contributed by atoms with van der Waals surface area (Å²) >= 11 is 0. The molecule has 3 amide bonds. The molecule has 8 heterocycles. The summed E-state index contributed by atoms with van der Waals surface area (Å²) in [4.78, 5) is 51.4. The van der Waals surface area contributed by atoms with Crippen molar-refractivity contribution in [2.24, 2.45) is 12.8 Å². The van der Waals surface area contributed by atoms with Gasteiger partial charge in [-0.05, 0) is 56.9 Å². The number of amides is 3. The Morgan fingerprint density at radius 1 is 1.02 bits per heavy atom. The van der Waals surface area contributed by atoms with Crippen LogP contribution in [-0.4, -0.2) is 139 Å². The minimum atomic E-state index is -2.90. The smallest absolute Gasteiger partial charge is 0.284 e. The van der Waals surface area contributed by atoms with E-state index in [-0.39, 0.29) is 59.8 Å². The number of hydrogen-bond acceptors (Lipinski definition) is 12. The highest BCUT2D eigenvalue weighted by molar-refractivity contribution is 6.08. The number of halogens is 3. The van der Waals surface area contributed by atoms with E-state index in [9.17, 15) is 27.6 Å². The molecule has 0 aliphatic carbocycles. The van der Waals surface area contributed by atoms with Crippen LogP contribution in [0.5, 0.6) is 0 Å². The monoisotopic (exact) mass is 844 g/mol. The zero-order valence-electron chi connectivity index (χ0n) is 34.3. The second kappa shape index (κ2) is 16.7. The number of nitrogens with one attached hydrogen (secondary N) is 2. The summed E-state index contributed by atoms with van der Waals surface area (Å²) in [6.45, 7) is 8.83. The van der Waals surface area contributed by atoms with Gasteiger partial charge in [-0.3, -0.25) is 34.0 Å². The maximum Gasteiger partial charge on any atom is 0.284 e. The van der Waals surface area contributed by atoms with E-state index in [0.717, 1.165) is 75.2 Å². The van der Waals surface area contributed by atoms with Crippen molar-refractivity contribution in [3.63, 3.8) is 0 Å². The number of piperidine rings is 3. The molecule has 0 radical (unpaired) electrons. The molecule has 4 atom stereocenters. The number of benzene rings is 1. The third-order valence-corrected chi connectivity index (χ3v) is 12.7. The zero-order chi connectivity index (χ0) is 42.5. The lowest BCUT2D eigenvalue weighted by molar-refractivity contribution is -0.134. The summed E-state index contributed by atoms with van der Waals surface area (Å²) in [5.41, 5.74) is 8.53. The third kappa shape index (κ3) is 8.27. The minimum Gasteiger partial charge on any atom is -0.366 e. The molecule has 4 N–H and O–H groups in total. The molecule has 17 nitrogen and oxygen atoms in total. The van der Waals surface area contributed by atoms with Crippen LogP contribution in [0.2, 0.25) is 0 Å². The lowest BCUT2D eigenvalue weighted by atomic mass is 9.92. The van der Waals surface area contributed by atoms with E-state index < -0.39 is 30.1 Å². The number of fused-ring (bicyclic) bond motifs is 2. The zero-order valence-corrected chi connectivity index (χ0v) is 34.3. The first kappa shape index (κ1) is 40.8. The highest BCUT2D eigenvalue weighted by Crippen LogP contribution is 2.34. The first-order valence-corrected chi connectivity index (χ1v) is 21.1. The topological polar surface area (TPSA) is 180 Å². The molecular formula is C41H51F3N14O3. The molecule has 20 heteroatoms. The van der Waals surface area contributed by atoms with Gasteiger partial charge >= 0.3 is 0 Å². The van der Waals surface area contributed by atoms with Crippen LogP contribution < -0.4 is 26.2 Å². The Morgan fingerprint density at radius 3 is 2.57 bits per heavy atom. The number of likely N-dealkylation sites (tertiary alicyclic amines) is 1. The molecule has 0 saturated carbocycles. The van der Waals surface area contributed by atoms with Crippen LogP contribution in [0.1, 0.15) is 79.2 Å². The van der Waals surface area contributed by atoms with Crippen molar-refractivity contribution < 1.29 is 27.6 Å². The number of nitrogens with zero attached hydrogens (tertiary/aromatic N) is 11. The Bertz CT molecular complexity index is 2430. The van der Waals surface area contributed by atoms with Crippen LogP contribution in [-0.2, 0) is 16.6 Å². The second-order valence-corrected chi connectivity index (χ2v) is 16.9. The molecule has 4 aromatic heterocycles. The lowest BCUT2D eigenvalue weighted by Crippen LogP contribution is -2.53. The van der Waals surface area contributed by atoms with Gasteiger partial charge in [0.2, 0.25) is 11.8 Å². The summed E-state index contributed by atoms with van der Waals surface area (Å²) in [6, 6.07) is 7.78. The first-order chi connectivity index (χ1) is 29.4. The summed E-state index contributed by atoms with van der Waals surface area (Å²) in [5.74, 6) is -1.18. The number of rotatable bonds is 10. The van der Waals surface area contributed by atoms with E-state index in [2.05, 4.69) is 59.6 Å². The van der Waals surface area contributed by atoms with Crippen molar-refractivity contribution >= 4 is 51.5 Å². The maximum absolute atomic E-state index is 14.3. The lowest BCUT2D eigenvalue weighted by Gasteiger charge is -2.42. The van der Waals surface area contributed by atoms with Crippen LogP contribution in [0.15, 0.2) is 42.9 Å². The van der Waals surface area contributed by atoms with Crippen molar-refractivity contribution in [2.45, 2.75) is 75.7 Å². The van der Waals surface area contributed by atoms with Gasteiger partial charge < -0.3 is 25.8 Å². The highest BCUT2D eigenvalue weighted by Gasteiger charge is 2.33. The van der Waals surface area contributed by atoms with E-state index >= 15 is 0 Å². The number of nitrogens with two attached hydrogens (primary N) is 1. The average Bonchev–Trinajstić information content (AvgIpc) is 3.95. The van der Waals surface area contributed by atoms with Crippen molar-refractivity contribution in [2.75, 3.05) is 74.0 Å². The number of aromatic nitrogens is 7. The van der Waals surface area contributed by atoms with Gasteiger partial charge in [0, 0.05) is 101 Å². The Labute approximate surface area is 350 Å². The van der Waals surface area contributed by atoms with Crippen LogP contribution in [0.4, 0.5) is 30.4 Å². The molecule has 324 valence electrons. The predicted octanol–water partition coefficient (Wildman–Crippen LogP) is 3.25. The number of aryl methyl sites for hydroxylation is 1. The predicted molar refractivity (Wildman–Crippen MR) is 222 cm³/mol. The normalized spacial score (nSPS) is 23.7. The fourth-order valence-corrected chi connectivity index (χ4v) is 9.47. The Kier molecular flexibility index (Phi) is 11.2. The first-order valence-electron chi connectivity index (χ1n) is 21.1. The largest absolute Gasteiger partial charge is 0.366 e. The number of anilines is 3. The van der Waals surface area contributed by atoms with Crippen molar-refractivity contribution in [1.82, 2.24) is 49.3 Å². The quantitative estimate of drug-likeness (QED) is 0.175.